The molecule has 0 spiro atoms. The van der Waals surface area contributed by atoms with E-state index in [-0.39, 0.29) is 12.3 Å². The summed E-state index contributed by atoms with van der Waals surface area (Å²) < 4.78 is 10.3. The summed E-state index contributed by atoms with van der Waals surface area (Å²) in [6, 6.07) is 11.5. The van der Waals surface area contributed by atoms with E-state index < -0.39 is 5.97 Å². The van der Waals surface area contributed by atoms with E-state index >= 15 is 0 Å². The molecule has 0 aromatic heterocycles. The lowest BCUT2D eigenvalue weighted by atomic mass is 10.1. The van der Waals surface area contributed by atoms with Gasteiger partial charge in [0.15, 0.2) is 11.5 Å². The molecule has 0 aliphatic rings. The first-order valence-corrected chi connectivity index (χ1v) is 6.87. The minimum Gasteiger partial charge on any atom is -0.493 e. The van der Waals surface area contributed by atoms with Crippen LogP contribution in [0.2, 0.25) is 0 Å². The average molecular weight is 315 g/mol. The molecule has 2 N–H and O–H groups in total. The van der Waals surface area contributed by atoms with Crippen LogP contribution >= 0.6 is 0 Å². The number of ether oxygens (including phenoxy) is 2. The van der Waals surface area contributed by atoms with Gasteiger partial charge in [0.25, 0.3) is 5.91 Å². The average Bonchev–Trinajstić information content (AvgIpc) is 2.54. The molecule has 1 amide bonds. The fourth-order valence-corrected chi connectivity index (χ4v) is 2.11. The first kappa shape index (κ1) is 16.4. The third kappa shape index (κ3) is 4.23. The van der Waals surface area contributed by atoms with E-state index in [0.29, 0.717) is 28.3 Å². The van der Waals surface area contributed by atoms with Gasteiger partial charge in [-0.05, 0) is 29.8 Å². The molecule has 120 valence electrons. The fourth-order valence-electron chi connectivity index (χ4n) is 2.11. The predicted molar refractivity (Wildman–Crippen MR) is 85.3 cm³/mol. The molecule has 0 atom stereocenters. The molecule has 0 heterocycles. The summed E-state index contributed by atoms with van der Waals surface area (Å²) >= 11 is 0. The lowest BCUT2D eigenvalue weighted by molar-refractivity contribution is -0.136. The van der Waals surface area contributed by atoms with Crippen LogP contribution in [0, 0.1) is 0 Å². The van der Waals surface area contributed by atoms with E-state index in [0.717, 1.165) is 0 Å². The Bertz CT molecular complexity index is 727. The minimum absolute atomic E-state index is 0.128. The highest BCUT2D eigenvalue weighted by Crippen LogP contribution is 2.29. The van der Waals surface area contributed by atoms with Crippen molar-refractivity contribution >= 4 is 17.6 Å². The molecule has 0 bridgehead atoms. The number of carboxylic acids is 1. The van der Waals surface area contributed by atoms with Gasteiger partial charge >= 0.3 is 5.97 Å². The highest BCUT2D eigenvalue weighted by molar-refractivity contribution is 6.04. The highest BCUT2D eigenvalue weighted by Gasteiger charge is 2.10. The Kier molecular flexibility index (Phi) is 5.19. The Morgan fingerprint density at radius 1 is 1.04 bits per heavy atom. The number of rotatable bonds is 6. The van der Waals surface area contributed by atoms with Gasteiger partial charge in [-0.3, -0.25) is 9.59 Å². The molecular weight excluding hydrogens is 298 g/mol. The van der Waals surface area contributed by atoms with Crippen LogP contribution in [0.4, 0.5) is 5.69 Å². The topological polar surface area (TPSA) is 84.9 Å². The number of hydrogen-bond donors (Lipinski definition) is 2. The molecule has 2 rings (SSSR count). The molecule has 0 saturated heterocycles. The van der Waals surface area contributed by atoms with E-state index in [1.807, 2.05) is 0 Å². The van der Waals surface area contributed by atoms with Crippen molar-refractivity contribution in [2.75, 3.05) is 19.5 Å². The molecule has 0 radical (unpaired) electrons. The van der Waals surface area contributed by atoms with Gasteiger partial charge in [-0.25, -0.2) is 0 Å². The van der Waals surface area contributed by atoms with Crippen molar-refractivity contribution < 1.29 is 24.2 Å². The number of carboxylic acid groups (broad SMARTS) is 1. The molecule has 0 unspecified atom stereocenters. The van der Waals surface area contributed by atoms with Crippen molar-refractivity contribution in [3.05, 3.63) is 53.6 Å². The Morgan fingerprint density at radius 2 is 1.78 bits per heavy atom. The van der Waals surface area contributed by atoms with Gasteiger partial charge < -0.3 is 19.9 Å². The zero-order chi connectivity index (χ0) is 16.8. The second-order valence-corrected chi connectivity index (χ2v) is 4.79. The van der Waals surface area contributed by atoms with Gasteiger partial charge in [0.1, 0.15) is 0 Å². The SMILES string of the molecule is COc1ccc(NC(=O)c2cccc(CC(=O)O)c2)cc1OC. The van der Waals surface area contributed by atoms with E-state index in [1.54, 1.807) is 42.5 Å². The maximum absolute atomic E-state index is 12.3. The molecule has 2 aromatic carbocycles. The van der Waals surface area contributed by atoms with Crippen molar-refractivity contribution in [3.8, 4) is 11.5 Å². The van der Waals surface area contributed by atoms with Crippen molar-refractivity contribution in [2.45, 2.75) is 6.42 Å². The number of methoxy groups -OCH3 is 2. The van der Waals surface area contributed by atoms with Crippen LogP contribution in [0.1, 0.15) is 15.9 Å². The van der Waals surface area contributed by atoms with Crippen molar-refractivity contribution in [3.63, 3.8) is 0 Å². The molecule has 0 aliphatic carbocycles. The zero-order valence-corrected chi connectivity index (χ0v) is 12.8. The summed E-state index contributed by atoms with van der Waals surface area (Å²) in [5.74, 6) is -0.203. The van der Waals surface area contributed by atoms with E-state index in [2.05, 4.69) is 5.32 Å². The van der Waals surface area contributed by atoms with E-state index in [1.165, 1.54) is 14.2 Å². The number of nitrogens with one attached hydrogen (secondary N) is 1. The standard InChI is InChI=1S/C17H17NO5/c1-22-14-7-6-13(10-15(14)23-2)18-17(21)12-5-3-4-11(8-12)9-16(19)20/h3-8,10H,9H2,1-2H3,(H,18,21)(H,19,20). The summed E-state index contributed by atoms with van der Waals surface area (Å²) in [5, 5.41) is 11.6. The first-order valence-electron chi connectivity index (χ1n) is 6.87. The Morgan fingerprint density at radius 3 is 2.43 bits per heavy atom. The maximum atomic E-state index is 12.3. The molecule has 0 saturated carbocycles. The van der Waals surface area contributed by atoms with Crippen LogP contribution in [-0.4, -0.2) is 31.2 Å². The number of benzene rings is 2. The summed E-state index contributed by atoms with van der Waals surface area (Å²) in [7, 11) is 3.04. The number of carbonyl (C=O) groups excluding carboxylic acids is 1. The molecule has 0 aliphatic heterocycles. The number of anilines is 1. The molecular formula is C17H17NO5. The quantitative estimate of drug-likeness (QED) is 0.856. The number of aliphatic carboxylic acids is 1. The van der Waals surface area contributed by atoms with Gasteiger partial charge in [-0.2, -0.15) is 0 Å². The van der Waals surface area contributed by atoms with Gasteiger partial charge in [-0.15, -0.1) is 0 Å². The first-order chi connectivity index (χ1) is 11.0. The van der Waals surface area contributed by atoms with Gasteiger partial charge in [0, 0.05) is 17.3 Å². The summed E-state index contributed by atoms with van der Waals surface area (Å²) in [5.41, 5.74) is 1.51. The van der Waals surface area contributed by atoms with Crippen LogP contribution in [0.3, 0.4) is 0 Å². The second-order valence-electron chi connectivity index (χ2n) is 4.79. The predicted octanol–water partition coefficient (Wildman–Crippen LogP) is 2.58. The Balaban J connectivity index is 2.17. The third-order valence-corrected chi connectivity index (χ3v) is 3.19. The lowest BCUT2D eigenvalue weighted by Gasteiger charge is -2.11. The molecule has 2 aromatic rings. The molecule has 6 nitrogen and oxygen atoms in total. The smallest absolute Gasteiger partial charge is 0.307 e. The summed E-state index contributed by atoms with van der Waals surface area (Å²) in [4.78, 5) is 23.0. The molecule has 0 fully saturated rings. The summed E-state index contributed by atoms with van der Waals surface area (Å²) in [6.45, 7) is 0. The van der Waals surface area contributed by atoms with Gasteiger partial charge in [0.2, 0.25) is 0 Å². The fraction of sp³-hybridized carbons (Fsp3) is 0.176. The Labute approximate surface area is 133 Å². The van der Waals surface area contributed by atoms with E-state index in [9.17, 15) is 9.59 Å². The number of hydrogen-bond acceptors (Lipinski definition) is 4. The van der Waals surface area contributed by atoms with Crippen LogP contribution in [-0.2, 0) is 11.2 Å². The Hall–Kier alpha value is -3.02. The van der Waals surface area contributed by atoms with Crippen LogP contribution in [0.15, 0.2) is 42.5 Å². The van der Waals surface area contributed by atoms with Crippen molar-refractivity contribution in [2.24, 2.45) is 0 Å². The maximum Gasteiger partial charge on any atom is 0.307 e. The minimum atomic E-state index is -0.942. The number of carbonyl (C=O) groups is 2. The van der Waals surface area contributed by atoms with Crippen LogP contribution in [0.25, 0.3) is 0 Å². The normalized spacial score (nSPS) is 10.0. The lowest BCUT2D eigenvalue weighted by Crippen LogP contribution is -2.12. The van der Waals surface area contributed by atoms with Crippen LogP contribution < -0.4 is 14.8 Å². The molecule has 23 heavy (non-hydrogen) atoms. The highest BCUT2D eigenvalue weighted by atomic mass is 16.5. The number of amides is 1. The third-order valence-electron chi connectivity index (χ3n) is 3.19. The van der Waals surface area contributed by atoms with Crippen LogP contribution in [0.5, 0.6) is 11.5 Å². The summed E-state index contributed by atoms with van der Waals surface area (Å²) in [6.07, 6.45) is -0.128. The van der Waals surface area contributed by atoms with Gasteiger partial charge in [-0.1, -0.05) is 12.1 Å². The molecule has 6 heteroatoms. The van der Waals surface area contributed by atoms with Gasteiger partial charge in [0.05, 0.1) is 20.6 Å². The zero-order valence-electron chi connectivity index (χ0n) is 12.8. The second kappa shape index (κ2) is 7.31. The van der Waals surface area contributed by atoms with Crippen molar-refractivity contribution in [1.82, 2.24) is 0 Å². The van der Waals surface area contributed by atoms with E-state index in [4.69, 9.17) is 14.6 Å². The monoisotopic (exact) mass is 315 g/mol. The van der Waals surface area contributed by atoms with Crippen molar-refractivity contribution in [1.29, 1.82) is 0 Å². The largest absolute Gasteiger partial charge is 0.493 e.